The molecule has 0 amide bonds. The van der Waals surface area contributed by atoms with Crippen molar-refractivity contribution in [3.63, 3.8) is 0 Å². The van der Waals surface area contributed by atoms with Gasteiger partial charge < -0.3 is 10.0 Å². The van der Waals surface area contributed by atoms with Gasteiger partial charge >= 0.3 is 0 Å². The summed E-state index contributed by atoms with van der Waals surface area (Å²) in [5.41, 5.74) is 0. The average Bonchev–Trinajstić information content (AvgIpc) is 2.34. The van der Waals surface area contributed by atoms with Crippen LogP contribution < -0.4 is 0 Å². The van der Waals surface area contributed by atoms with Crippen molar-refractivity contribution in [2.24, 2.45) is 5.92 Å². The third-order valence-electron chi connectivity index (χ3n) is 3.26. The Balaban J connectivity index is 2.04. The smallest absolute Gasteiger partial charge is 0.0670 e. The van der Waals surface area contributed by atoms with Gasteiger partial charge in [0.05, 0.1) is 6.10 Å². The Hall–Kier alpha value is -0.0800. The van der Waals surface area contributed by atoms with Gasteiger partial charge in [-0.1, -0.05) is 6.42 Å². The summed E-state index contributed by atoms with van der Waals surface area (Å²) in [6.07, 6.45) is 5.06. The molecular weight excluding hydrogens is 138 g/mol. The second-order valence-electron chi connectivity index (χ2n) is 4.09. The molecule has 2 aliphatic rings. The first-order valence-electron chi connectivity index (χ1n) is 4.65. The predicted octanol–water partition coefficient (Wildman–Crippen LogP) is 0.851. The molecule has 0 aromatic rings. The van der Waals surface area contributed by atoms with E-state index in [4.69, 9.17) is 0 Å². The van der Waals surface area contributed by atoms with Crippen LogP contribution in [0.4, 0.5) is 0 Å². The van der Waals surface area contributed by atoms with Crippen molar-refractivity contribution < 1.29 is 5.11 Å². The summed E-state index contributed by atoms with van der Waals surface area (Å²) in [4.78, 5) is 2.34. The van der Waals surface area contributed by atoms with Crippen LogP contribution in [0.3, 0.4) is 0 Å². The molecular formula is C9H17NO. The highest BCUT2D eigenvalue weighted by molar-refractivity contribution is 4.90. The Morgan fingerprint density at radius 2 is 2.18 bits per heavy atom. The zero-order valence-electron chi connectivity index (χ0n) is 7.16. The molecule has 1 aliphatic heterocycles. The molecule has 1 saturated carbocycles. The minimum absolute atomic E-state index is 0.0562. The van der Waals surface area contributed by atoms with Crippen LogP contribution in [-0.4, -0.2) is 35.7 Å². The molecule has 1 heterocycles. The molecule has 0 unspecified atom stereocenters. The first-order chi connectivity index (χ1) is 5.27. The number of piperidine rings is 1. The Kier molecular flexibility index (Phi) is 1.90. The first-order valence-corrected chi connectivity index (χ1v) is 4.65. The highest BCUT2D eigenvalue weighted by Gasteiger charge is 2.36. The Morgan fingerprint density at radius 3 is 3.00 bits per heavy atom. The number of aliphatic hydroxyl groups excluding tert-OH is 1. The van der Waals surface area contributed by atoms with Crippen molar-refractivity contribution in [1.29, 1.82) is 0 Å². The first kappa shape index (κ1) is 7.56. The number of β-amino-alcohol motifs (C(OH)–C–C–N with tert-alkyl or cyclic N) is 1. The summed E-state index contributed by atoms with van der Waals surface area (Å²) in [5.74, 6) is 0.795. The number of fused-ring (bicyclic) bond motifs is 1. The van der Waals surface area contributed by atoms with Crippen LogP contribution in [0.1, 0.15) is 25.7 Å². The Morgan fingerprint density at radius 1 is 1.36 bits per heavy atom. The molecule has 1 aliphatic carbocycles. The fourth-order valence-electron chi connectivity index (χ4n) is 2.76. The van der Waals surface area contributed by atoms with Crippen molar-refractivity contribution in [3.05, 3.63) is 0 Å². The van der Waals surface area contributed by atoms with Crippen molar-refractivity contribution in [3.8, 4) is 0 Å². The molecule has 0 radical (unpaired) electrons. The lowest BCUT2D eigenvalue weighted by Gasteiger charge is -2.37. The molecule has 2 heteroatoms. The van der Waals surface area contributed by atoms with Gasteiger partial charge in [0.1, 0.15) is 0 Å². The van der Waals surface area contributed by atoms with Gasteiger partial charge in [-0.25, -0.2) is 0 Å². The van der Waals surface area contributed by atoms with Gasteiger partial charge in [0.25, 0.3) is 0 Å². The standard InChI is InChI=1S/C9H17NO/c1-10-6-8(11)5-7-3-2-4-9(7)10/h7-9,11H,2-6H2,1H3/t7-,8+,9-/m1/s1. The van der Waals surface area contributed by atoms with Crippen molar-refractivity contribution in [2.45, 2.75) is 37.8 Å². The van der Waals surface area contributed by atoms with E-state index in [0.29, 0.717) is 0 Å². The summed E-state index contributed by atoms with van der Waals surface area (Å²) in [6.45, 7) is 0.890. The molecule has 1 N–H and O–H groups in total. The monoisotopic (exact) mass is 155 g/mol. The maximum absolute atomic E-state index is 9.48. The van der Waals surface area contributed by atoms with E-state index >= 15 is 0 Å². The molecule has 2 rings (SSSR count). The van der Waals surface area contributed by atoms with Gasteiger partial charge in [-0.2, -0.15) is 0 Å². The molecule has 2 fully saturated rings. The van der Waals surface area contributed by atoms with E-state index in [1.165, 1.54) is 19.3 Å². The fourth-order valence-corrected chi connectivity index (χ4v) is 2.76. The highest BCUT2D eigenvalue weighted by atomic mass is 16.3. The summed E-state index contributed by atoms with van der Waals surface area (Å²) < 4.78 is 0. The van der Waals surface area contributed by atoms with Crippen LogP contribution in [0.2, 0.25) is 0 Å². The van der Waals surface area contributed by atoms with E-state index in [9.17, 15) is 5.11 Å². The van der Waals surface area contributed by atoms with E-state index in [1.807, 2.05) is 0 Å². The van der Waals surface area contributed by atoms with Crippen LogP contribution in [0.5, 0.6) is 0 Å². The molecule has 0 bridgehead atoms. The minimum atomic E-state index is -0.0562. The minimum Gasteiger partial charge on any atom is -0.392 e. The van der Waals surface area contributed by atoms with E-state index in [2.05, 4.69) is 11.9 Å². The summed E-state index contributed by atoms with van der Waals surface area (Å²) >= 11 is 0. The SMILES string of the molecule is CN1C[C@@H](O)C[C@H]2CCC[C@H]21. The topological polar surface area (TPSA) is 23.5 Å². The van der Waals surface area contributed by atoms with Crippen LogP contribution in [0, 0.1) is 5.92 Å². The zero-order chi connectivity index (χ0) is 7.84. The molecule has 1 saturated heterocycles. The predicted molar refractivity (Wildman–Crippen MR) is 44.4 cm³/mol. The van der Waals surface area contributed by atoms with Crippen LogP contribution in [-0.2, 0) is 0 Å². The summed E-state index contributed by atoms with van der Waals surface area (Å²) in [6, 6.07) is 0.790. The van der Waals surface area contributed by atoms with Crippen molar-refractivity contribution in [1.82, 2.24) is 4.90 Å². The van der Waals surface area contributed by atoms with E-state index < -0.39 is 0 Å². The van der Waals surface area contributed by atoms with Gasteiger partial charge in [-0.3, -0.25) is 0 Å². The molecule has 11 heavy (non-hydrogen) atoms. The summed E-state index contributed by atoms with van der Waals surface area (Å²) in [5, 5.41) is 9.48. The highest BCUT2D eigenvalue weighted by Crippen LogP contribution is 2.35. The maximum Gasteiger partial charge on any atom is 0.0670 e. The lowest BCUT2D eigenvalue weighted by atomic mass is 9.91. The van der Waals surface area contributed by atoms with E-state index in [1.54, 1.807) is 0 Å². The lowest BCUT2D eigenvalue weighted by molar-refractivity contribution is 0.0251. The van der Waals surface area contributed by atoms with Gasteiger partial charge in [-0.15, -0.1) is 0 Å². The summed E-state index contributed by atoms with van der Waals surface area (Å²) in [7, 11) is 2.14. The number of hydrogen-bond acceptors (Lipinski definition) is 2. The molecule has 0 spiro atoms. The third-order valence-corrected chi connectivity index (χ3v) is 3.26. The molecule has 0 aromatic carbocycles. The molecule has 2 nitrogen and oxygen atoms in total. The molecule has 64 valence electrons. The van der Waals surface area contributed by atoms with Gasteiger partial charge in [0, 0.05) is 12.6 Å². The number of likely N-dealkylation sites (N-methyl/N-ethyl adjacent to an activating group) is 1. The van der Waals surface area contributed by atoms with Gasteiger partial charge in [0.2, 0.25) is 0 Å². The van der Waals surface area contributed by atoms with Crippen LogP contribution in [0.15, 0.2) is 0 Å². The Labute approximate surface area is 68.2 Å². The van der Waals surface area contributed by atoms with Crippen molar-refractivity contribution >= 4 is 0 Å². The van der Waals surface area contributed by atoms with Gasteiger partial charge in [-0.05, 0) is 32.2 Å². The largest absolute Gasteiger partial charge is 0.392 e. The second kappa shape index (κ2) is 2.76. The molecule has 3 atom stereocenters. The fraction of sp³-hybridized carbons (Fsp3) is 1.00. The third kappa shape index (κ3) is 1.30. The number of likely N-dealkylation sites (tertiary alicyclic amines) is 1. The van der Waals surface area contributed by atoms with Crippen LogP contribution in [0.25, 0.3) is 0 Å². The number of nitrogens with zero attached hydrogens (tertiary/aromatic N) is 1. The Bertz CT molecular complexity index is 148. The lowest BCUT2D eigenvalue weighted by Crippen LogP contribution is -2.46. The van der Waals surface area contributed by atoms with Crippen molar-refractivity contribution in [2.75, 3.05) is 13.6 Å². The average molecular weight is 155 g/mol. The number of rotatable bonds is 0. The van der Waals surface area contributed by atoms with E-state index in [-0.39, 0.29) is 6.10 Å². The number of hydrogen-bond donors (Lipinski definition) is 1. The zero-order valence-corrected chi connectivity index (χ0v) is 7.16. The second-order valence-corrected chi connectivity index (χ2v) is 4.09. The van der Waals surface area contributed by atoms with Crippen LogP contribution >= 0.6 is 0 Å². The maximum atomic E-state index is 9.48. The molecule has 0 aromatic heterocycles. The van der Waals surface area contributed by atoms with Gasteiger partial charge in [0.15, 0.2) is 0 Å². The normalized spacial score (nSPS) is 45.8. The quantitative estimate of drug-likeness (QED) is 0.560. The van der Waals surface area contributed by atoms with E-state index in [0.717, 1.165) is 24.9 Å². The number of aliphatic hydroxyl groups is 1.